The van der Waals surface area contributed by atoms with Gasteiger partial charge in [-0.25, -0.2) is 0 Å². The molecule has 2 nitrogen and oxygen atoms in total. The Hall–Kier alpha value is 0.400. The minimum absolute atomic E-state index is 0.565. The molecule has 0 bridgehead atoms. The van der Waals surface area contributed by atoms with Crippen LogP contribution in [0.1, 0.15) is 58.8 Å². The summed E-state index contributed by atoms with van der Waals surface area (Å²) in [7, 11) is 0. The average Bonchev–Trinajstić information content (AvgIpc) is 2.73. The standard InChI is InChI=1S/C17H33BrN2/c1-3-16(2)20-12-10-19(11-13-20)15-17(14-18)8-6-4-5-7-9-17/h16H,3-15H2,1-2H3. The molecule has 1 aliphatic heterocycles. The van der Waals surface area contributed by atoms with E-state index in [0.717, 1.165) is 6.04 Å². The minimum Gasteiger partial charge on any atom is -0.300 e. The molecular formula is C17H33BrN2. The van der Waals surface area contributed by atoms with Gasteiger partial charge in [-0.2, -0.15) is 0 Å². The summed E-state index contributed by atoms with van der Waals surface area (Å²) in [5.41, 5.74) is 0.565. The Balaban J connectivity index is 1.83. The first-order chi connectivity index (χ1) is 9.69. The van der Waals surface area contributed by atoms with Crippen LogP contribution >= 0.6 is 15.9 Å². The molecule has 118 valence electrons. The van der Waals surface area contributed by atoms with Crippen LogP contribution in [-0.2, 0) is 0 Å². The SMILES string of the molecule is CCC(C)N1CCN(CC2(CBr)CCCCCC2)CC1. The number of alkyl halides is 1. The molecule has 1 unspecified atom stereocenters. The fourth-order valence-corrected chi connectivity index (χ4v) is 4.65. The summed E-state index contributed by atoms with van der Waals surface area (Å²) in [6, 6.07) is 0.764. The first-order valence-corrected chi connectivity index (χ1v) is 9.83. The van der Waals surface area contributed by atoms with Crippen LogP contribution in [0.2, 0.25) is 0 Å². The number of rotatable bonds is 5. The maximum Gasteiger partial charge on any atom is 0.0113 e. The molecule has 1 saturated heterocycles. The third-order valence-electron chi connectivity index (χ3n) is 5.63. The summed E-state index contributed by atoms with van der Waals surface area (Å²) in [6.45, 7) is 11.1. The molecule has 0 N–H and O–H groups in total. The van der Waals surface area contributed by atoms with E-state index in [9.17, 15) is 0 Å². The van der Waals surface area contributed by atoms with Crippen molar-refractivity contribution in [3.63, 3.8) is 0 Å². The normalized spacial score (nSPS) is 27.1. The van der Waals surface area contributed by atoms with E-state index in [1.807, 2.05) is 0 Å². The average molecular weight is 345 g/mol. The molecule has 2 rings (SSSR count). The largest absolute Gasteiger partial charge is 0.300 e. The summed E-state index contributed by atoms with van der Waals surface area (Å²) in [5, 5.41) is 1.20. The van der Waals surface area contributed by atoms with Gasteiger partial charge in [-0.05, 0) is 31.6 Å². The van der Waals surface area contributed by atoms with E-state index in [1.165, 1.54) is 83.0 Å². The molecule has 3 heteroatoms. The number of hydrogen-bond donors (Lipinski definition) is 0. The zero-order valence-corrected chi connectivity index (χ0v) is 15.1. The summed E-state index contributed by atoms with van der Waals surface area (Å²) in [5.74, 6) is 0. The van der Waals surface area contributed by atoms with E-state index < -0.39 is 0 Å². The van der Waals surface area contributed by atoms with Gasteiger partial charge in [0, 0.05) is 44.1 Å². The number of piperazine rings is 1. The van der Waals surface area contributed by atoms with Gasteiger partial charge in [-0.15, -0.1) is 0 Å². The summed E-state index contributed by atoms with van der Waals surface area (Å²) < 4.78 is 0. The van der Waals surface area contributed by atoms with Gasteiger partial charge in [-0.3, -0.25) is 4.90 Å². The van der Waals surface area contributed by atoms with E-state index in [-0.39, 0.29) is 0 Å². The molecule has 1 atom stereocenters. The van der Waals surface area contributed by atoms with Crippen molar-refractivity contribution >= 4 is 15.9 Å². The highest BCUT2D eigenvalue weighted by molar-refractivity contribution is 9.09. The van der Waals surface area contributed by atoms with Crippen LogP contribution in [0.3, 0.4) is 0 Å². The lowest BCUT2D eigenvalue weighted by molar-refractivity contribution is 0.0673. The Kier molecular flexibility index (Phi) is 6.83. The number of nitrogens with zero attached hydrogens (tertiary/aromatic N) is 2. The lowest BCUT2D eigenvalue weighted by Gasteiger charge is -2.42. The van der Waals surface area contributed by atoms with Crippen molar-refractivity contribution in [3.05, 3.63) is 0 Å². The van der Waals surface area contributed by atoms with Gasteiger partial charge in [0.15, 0.2) is 0 Å². The van der Waals surface area contributed by atoms with Crippen molar-refractivity contribution in [2.75, 3.05) is 38.1 Å². The monoisotopic (exact) mass is 344 g/mol. The fourth-order valence-electron chi connectivity index (χ4n) is 3.91. The predicted octanol–water partition coefficient (Wildman–Crippen LogP) is 4.14. The molecule has 0 aromatic carbocycles. The number of halogens is 1. The van der Waals surface area contributed by atoms with Gasteiger partial charge < -0.3 is 4.90 Å². The van der Waals surface area contributed by atoms with E-state index in [2.05, 4.69) is 39.6 Å². The lowest BCUT2D eigenvalue weighted by Crippen LogP contribution is -2.52. The molecule has 20 heavy (non-hydrogen) atoms. The highest BCUT2D eigenvalue weighted by atomic mass is 79.9. The molecule has 2 aliphatic rings. The van der Waals surface area contributed by atoms with E-state index in [0.29, 0.717) is 5.41 Å². The van der Waals surface area contributed by atoms with Crippen molar-refractivity contribution in [2.45, 2.75) is 64.8 Å². The topological polar surface area (TPSA) is 6.48 Å². The van der Waals surface area contributed by atoms with E-state index >= 15 is 0 Å². The summed E-state index contributed by atoms with van der Waals surface area (Å²) in [4.78, 5) is 5.41. The second-order valence-electron chi connectivity index (χ2n) is 7.12. The molecule has 0 radical (unpaired) electrons. The first kappa shape index (κ1) is 16.8. The molecule has 0 spiro atoms. The van der Waals surface area contributed by atoms with Gasteiger partial charge in [0.05, 0.1) is 0 Å². The smallest absolute Gasteiger partial charge is 0.0113 e. The molecule has 0 aromatic heterocycles. The van der Waals surface area contributed by atoms with Crippen molar-refractivity contribution in [2.24, 2.45) is 5.41 Å². The van der Waals surface area contributed by atoms with Crippen molar-refractivity contribution in [3.8, 4) is 0 Å². The predicted molar refractivity (Wildman–Crippen MR) is 91.7 cm³/mol. The Bertz CT molecular complexity index is 266. The van der Waals surface area contributed by atoms with Crippen LogP contribution in [0.15, 0.2) is 0 Å². The van der Waals surface area contributed by atoms with Gasteiger partial charge in [0.1, 0.15) is 0 Å². The minimum atomic E-state index is 0.565. The van der Waals surface area contributed by atoms with Crippen molar-refractivity contribution in [1.82, 2.24) is 9.80 Å². The molecule has 1 heterocycles. The molecule has 1 aliphatic carbocycles. The van der Waals surface area contributed by atoms with E-state index in [4.69, 9.17) is 0 Å². The highest BCUT2D eigenvalue weighted by Crippen LogP contribution is 2.37. The quantitative estimate of drug-likeness (QED) is 0.546. The molecular weight excluding hydrogens is 312 g/mol. The van der Waals surface area contributed by atoms with Crippen LogP contribution in [0, 0.1) is 5.41 Å². The first-order valence-electron chi connectivity index (χ1n) is 8.71. The van der Waals surface area contributed by atoms with Crippen LogP contribution in [0.4, 0.5) is 0 Å². The van der Waals surface area contributed by atoms with Gasteiger partial charge in [0.25, 0.3) is 0 Å². The Morgan fingerprint density at radius 2 is 1.60 bits per heavy atom. The Morgan fingerprint density at radius 3 is 2.10 bits per heavy atom. The summed E-state index contributed by atoms with van der Waals surface area (Å²) >= 11 is 3.84. The third-order valence-corrected chi connectivity index (χ3v) is 6.82. The van der Waals surface area contributed by atoms with Crippen LogP contribution in [-0.4, -0.2) is 53.9 Å². The van der Waals surface area contributed by atoms with Gasteiger partial charge in [-0.1, -0.05) is 48.5 Å². The van der Waals surface area contributed by atoms with Crippen LogP contribution < -0.4 is 0 Å². The van der Waals surface area contributed by atoms with E-state index in [1.54, 1.807) is 0 Å². The Morgan fingerprint density at radius 1 is 1.00 bits per heavy atom. The lowest BCUT2D eigenvalue weighted by atomic mass is 9.82. The summed E-state index contributed by atoms with van der Waals surface area (Å²) in [6.07, 6.45) is 9.95. The second-order valence-corrected chi connectivity index (χ2v) is 7.68. The molecule has 0 amide bonds. The third kappa shape index (κ3) is 4.45. The van der Waals surface area contributed by atoms with Crippen molar-refractivity contribution in [1.29, 1.82) is 0 Å². The fraction of sp³-hybridized carbons (Fsp3) is 1.00. The maximum atomic E-state index is 3.84. The highest BCUT2D eigenvalue weighted by Gasteiger charge is 2.33. The molecule has 2 fully saturated rings. The van der Waals surface area contributed by atoms with Crippen LogP contribution in [0.25, 0.3) is 0 Å². The van der Waals surface area contributed by atoms with Crippen molar-refractivity contribution < 1.29 is 0 Å². The molecule has 1 saturated carbocycles. The zero-order valence-electron chi connectivity index (χ0n) is 13.5. The molecule has 0 aromatic rings. The second kappa shape index (κ2) is 8.14. The van der Waals surface area contributed by atoms with Gasteiger partial charge in [0.2, 0.25) is 0 Å². The number of hydrogen-bond acceptors (Lipinski definition) is 2. The van der Waals surface area contributed by atoms with Gasteiger partial charge >= 0.3 is 0 Å². The van der Waals surface area contributed by atoms with Crippen LogP contribution in [0.5, 0.6) is 0 Å². The maximum absolute atomic E-state index is 3.84. The Labute approximate surface area is 134 Å². The zero-order chi connectivity index (χ0) is 14.4.